The molecule has 0 saturated carbocycles. The van der Waals surface area contributed by atoms with Crippen molar-refractivity contribution in [3.05, 3.63) is 82.7 Å². The van der Waals surface area contributed by atoms with Crippen LogP contribution in [-0.2, 0) is 13.6 Å². The van der Waals surface area contributed by atoms with Gasteiger partial charge in [0.15, 0.2) is 0 Å². The molecule has 2 aromatic carbocycles. The number of hydrogen-bond acceptors (Lipinski definition) is 3. The Bertz CT molecular complexity index is 1220. The number of carbonyl (C=O) groups excluding carboxylic acids is 1. The van der Waals surface area contributed by atoms with Crippen molar-refractivity contribution in [2.24, 2.45) is 7.05 Å². The van der Waals surface area contributed by atoms with Crippen LogP contribution in [0.2, 0.25) is 0 Å². The number of aromatic nitrogens is 3. The fourth-order valence-electron chi connectivity index (χ4n) is 3.47. The number of aryl methyl sites for hydroxylation is 4. The van der Waals surface area contributed by atoms with Gasteiger partial charge in [0.2, 0.25) is 0 Å². The molecule has 0 bridgehead atoms. The van der Waals surface area contributed by atoms with E-state index < -0.39 is 0 Å². The maximum atomic E-state index is 13.1. The molecule has 0 spiro atoms. The molecule has 4 rings (SSSR count). The smallest absolute Gasteiger partial charge is 0.252 e. The Morgan fingerprint density at radius 2 is 1.86 bits per heavy atom. The third-order valence-electron chi connectivity index (χ3n) is 5.30. The van der Waals surface area contributed by atoms with Gasteiger partial charge in [-0.3, -0.25) is 9.48 Å². The van der Waals surface area contributed by atoms with Gasteiger partial charge in [0, 0.05) is 36.3 Å². The van der Waals surface area contributed by atoms with Crippen molar-refractivity contribution >= 4 is 16.8 Å². The molecule has 2 aromatic heterocycles. The SMILES string of the molecule is Cc1ccc(-c2cc(C(=O)NCc3cnn(C)c3)c3cccc(C)c3n2)cc1C. The van der Waals surface area contributed by atoms with E-state index in [4.69, 9.17) is 4.98 Å². The highest BCUT2D eigenvalue weighted by atomic mass is 16.1. The van der Waals surface area contributed by atoms with Crippen LogP contribution in [0.25, 0.3) is 22.2 Å². The molecule has 0 aliphatic heterocycles. The van der Waals surface area contributed by atoms with Crippen LogP contribution in [0.3, 0.4) is 0 Å². The Morgan fingerprint density at radius 3 is 2.59 bits per heavy atom. The molecule has 0 atom stereocenters. The van der Waals surface area contributed by atoms with Crippen molar-refractivity contribution in [3.8, 4) is 11.3 Å². The number of para-hydroxylation sites is 1. The Hall–Kier alpha value is -3.47. The number of hydrogen-bond donors (Lipinski definition) is 1. The van der Waals surface area contributed by atoms with Gasteiger partial charge in [-0.05, 0) is 49.6 Å². The van der Waals surface area contributed by atoms with E-state index in [0.717, 1.165) is 33.3 Å². The van der Waals surface area contributed by atoms with Gasteiger partial charge < -0.3 is 5.32 Å². The van der Waals surface area contributed by atoms with Crippen LogP contribution in [0.5, 0.6) is 0 Å². The normalized spacial score (nSPS) is 11.0. The predicted octanol–water partition coefficient (Wildman–Crippen LogP) is 4.49. The van der Waals surface area contributed by atoms with Gasteiger partial charge in [0.1, 0.15) is 0 Å². The molecule has 5 nitrogen and oxygen atoms in total. The second-order valence-corrected chi connectivity index (χ2v) is 7.53. The van der Waals surface area contributed by atoms with Gasteiger partial charge in [-0.15, -0.1) is 0 Å². The van der Waals surface area contributed by atoms with Gasteiger partial charge in [-0.1, -0.05) is 30.3 Å². The molecule has 4 aromatic rings. The first kappa shape index (κ1) is 18.9. The Morgan fingerprint density at radius 1 is 1.03 bits per heavy atom. The third-order valence-corrected chi connectivity index (χ3v) is 5.30. The topological polar surface area (TPSA) is 59.8 Å². The first-order valence-electron chi connectivity index (χ1n) is 9.66. The number of amides is 1. The Kier molecular flexibility index (Phi) is 4.89. The van der Waals surface area contributed by atoms with Gasteiger partial charge in [0.25, 0.3) is 5.91 Å². The van der Waals surface area contributed by atoms with Crippen molar-refractivity contribution in [2.75, 3.05) is 0 Å². The van der Waals surface area contributed by atoms with Crippen molar-refractivity contribution in [1.82, 2.24) is 20.1 Å². The minimum Gasteiger partial charge on any atom is -0.348 e. The highest BCUT2D eigenvalue weighted by molar-refractivity contribution is 6.07. The van der Waals surface area contributed by atoms with Crippen molar-refractivity contribution in [3.63, 3.8) is 0 Å². The summed E-state index contributed by atoms with van der Waals surface area (Å²) < 4.78 is 1.73. The molecule has 2 heterocycles. The maximum absolute atomic E-state index is 13.1. The number of fused-ring (bicyclic) bond motifs is 1. The van der Waals surface area contributed by atoms with E-state index in [2.05, 4.69) is 42.5 Å². The summed E-state index contributed by atoms with van der Waals surface area (Å²) in [6, 6.07) is 14.1. The molecule has 1 N–H and O–H groups in total. The van der Waals surface area contributed by atoms with Gasteiger partial charge >= 0.3 is 0 Å². The molecule has 0 aliphatic carbocycles. The first-order chi connectivity index (χ1) is 13.9. The second-order valence-electron chi connectivity index (χ2n) is 7.53. The summed E-state index contributed by atoms with van der Waals surface area (Å²) in [5.74, 6) is -0.114. The first-order valence-corrected chi connectivity index (χ1v) is 9.66. The van der Waals surface area contributed by atoms with Gasteiger partial charge in [0.05, 0.1) is 23.0 Å². The summed E-state index contributed by atoms with van der Waals surface area (Å²) >= 11 is 0. The summed E-state index contributed by atoms with van der Waals surface area (Å²) in [5.41, 5.74) is 7.77. The second kappa shape index (κ2) is 7.51. The molecule has 0 fully saturated rings. The van der Waals surface area contributed by atoms with Crippen LogP contribution < -0.4 is 5.32 Å². The van der Waals surface area contributed by atoms with Crippen LogP contribution in [0.4, 0.5) is 0 Å². The lowest BCUT2D eigenvalue weighted by molar-refractivity contribution is 0.0952. The molecule has 0 aliphatic rings. The monoisotopic (exact) mass is 384 g/mol. The summed E-state index contributed by atoms with van der Waals surface area (Å²) in [6.45, 7) is 6.64. The molecule has 0 unspecified atom stereocenters. The van der Waals surface area contributed by atoms with Crippen molar-refractivity contribution in [1.29, 1.82) is 0 Å². The summed E-state index contributed by atoms with van der Waals surface area (Å²) in [7, 11) is 1.86. The van der Waals surface area contributed by atoms with Gasteiger partial charge in [-0.25, -0.2) is 4.98 Å². The number of rotatable bonds is 4. The standard InChI is InChI=1S/C24H24N4O/c1-15-8-9-19(10-17(15)3)22-11-21(20-7-5-6-16(2)23(20)27-22)24(29)25-12-18-13-26-28(4)14-18/h5-11,13-14H,12H2,1-4H3,(H,25,29). The summed E-state index contributed by atoms with van der Waals surface area (Å²) in [4.78, 5) is 18.0. The number of nitrogens with zero attached hydrogens (tertiary/aromatic N) is 3. The van der Waals surface area contributed by atoms with Crippen LogP contribution in [0.1, 0.15) is 32.6 Å². The fourth-order valence-corrected chi connectivity index (χ4v) is 3.47. The zero-order valence-corrected chi connectivity index (χ0v) is 17.2. The number of benzene rings is 2. The van der Waals surface area contributed by atoms with Crippen LogP contribution in [0, 0.1) is 20.8 Å². The molecule has 0 saturated heterocycles. The molecule has 0 radical (unpaired) electrons. The minimum absolute atomic E-state index is 0.114. The fraction of sp³-hybridized carbons (Fsp3) is 0.208. The van der Waals surface area contributed by atoms with E-state index in [9.17, 15) is 4.79 Å². The van der Waals surface area contributed by atoms with Crippen molar-refractivity contribution in [2.45, 2.75) is 27.3 Å². The van der Waals surface area contributed by atoms with E-state index >= 15 is 0 Å². The predicted molar refractivity (Wildman–Crippen MR) is 116 cm³/mol. The lowest BCUT2D eigenvalue weighted by Crippen LogP contribution is -2.23. The van der Waals surface area contributed by atoms with E-state index in [0.29, 0.717) is 12.1 Å². The number of carbonyl (C=O) groups is 1. The highest BCUT2D eigenvalue weighted by Gasteiger charge is 2.15. The zero-order valence-electron chi connectivity index (χ0n) is 17.2. The molecule has 29 heavy (non-hydrogen) atoms. The number of nitrogens with one attached hydrogen (secondary N) is 1. The molecular formula is C24H24N4O. The average molecular weight is 384 g/mol. The maximum Gasteiger partial charge on any atom is 0.252 e. The van der Waals surface area contributed by atoms with E-state index in [1.165, 1.54) is 11.1 Å². The van der Waals surface area contributed by atoms with E-state index in [1.54, 1.807) is 10.9 Å². The van der Waals surface area contributed by atoms with E-state index in [-0.39, 0.29) is 5.91 Å². The number of pyridine rings is 1. The highest BCUT2D eigenvalue weighted by Crippen LogP contribution is 2.28. The Balaban J connectivity index is 1.77. The third kappa shape index (κ3) is 3.76. The molecule has 146 valence electrons. The Labute approximate surface area is 170 Å². The molecular weight excluding hydrogens is 360 g/mol. The minimum atomic E-state index is -0.114. The lowest BCUT2D eigenvalue weighted by atomic mass is 9.99. The summed E-state index contributed by atoms with van der Waals surface area (Å²) in [5, 5.41) is 8.03. The van der Waals surface area contributed by atoms with Crippen LogP contribution in [0.15, 0.2) is 54.9 Å². The summed E-state index contributed by atoms with van der Waals surface area (Å²) in [6.07, 6.45) is 3.66. The van der Waals surface area contributed by atoms with Crippen molar-refractivity contribution < 1.29 is 4.79 Å². The van der Waals surface area contributed by atoms with E-state index in [1.807, 2.05) is 44.4 Å². The quantitative estimate of drug-likeness (QED) is 0.564. The van der Waals surface area contributed by atoms with Crippen LogP contribution >= 0.6 is 0 Å². The lowest BCUT2D eigenvalue weighted by Gasteiger charge is -2.12. The average Bonchev–Trinajstić information content (AvgIpc) is 3.13. The van der Waals surface area contributed by atoms with Gasteiger partial charge in [-0.2, -0.15) is 5.10 Å². The molecule has 5 heteroatoms. The largest absolute Gasteiger partial charge is 0.348 e. The molecule has 1 amide bonds. The zero-order chi connectivity index (χ0) is 20.5. The van der Waals surface area contributed by atoms with Crippen LogP contribution in [-0.4, -0.2) is 20.7 Å².